The number of nitrogens with zero attached hydrogens (tertiary/aromatic N) is 2. The van der Waals surface area contributed by atoms with Crippen LogP contribution in [-0.4, -0.2) is 47.3 Å². The van der Waals surface area contributed by atoms with Crippen molar-refractivity contribution >= 4 is 29.4 Å². The van der Waals surface area contributed by atoms with Gasteiger partial charge in [0, 0.05) is 12.2 Å². The summed E-state index contributed by atoms with van der Waals surface area (Å²) >= 11 is 0. The van der Waals surface area contributed by atoms with Gasteiger partial charge in [-0.2, -0.15) is 0 Å². The molecule has 0 saturated heterocycles. The van der Waals surface area contributed by atoms with Gasteiger partial charge in [-0.05, 0) is 55.4 Å². The first-order valence-corrected chi connectivity index (χ1v) is 15.4. The van der Waals surface area contributed by atoms with Crippen molar-refractivity contribution in [1.29, 1.82) is 0 Å². The lowest BCUT2D eigenvalue weighted by molar-refractivity contribution is -0.124. The molecule has 0 saturated carbocycles. The van der Waals surface area contributed by atoms with E-state index in [1.54, 1.807) is 0 Å². The molecule has 3 aromatic carbocycles. The van der Waals surface area contributed by atoms with Gasteiger partial charge in [-0.15, -0.1) is 0 Å². The zero-order chi connectivity index (χ0) is 32.9. The smallest absolute Gasteiger partial charge is 0.408 e. The maximum absolute atomic E-state index is 13.8. The van der Waals surface area contributed by atoms with Crippen molar-refractivity contribution < 1.29 is 28.3 Å². The Kier molecular flexibility index (Phi) is 12.2. The highest BCUT2D eigenvalue weighted by atomic mass is 16.5. The third kappa shape index (κ3) is 9.62. The molecule has 2 atom stereocenters. The average molecular weight is 625 g/mol. The quantitative estimate of drug-likeness (QED) is 0.156. The first kappa shape index (κ1) is 33.6. The van der Waals surface area contributed by atoms with Crippen LogP contribution in [0.4, 0.5) is 10.5 Å². The molecular weight excluding hydrogens is 584 g/mol. The molecule has 0 bridgehead atoms. The Morgan fingerprint density at radius 2 is 1.43 bits per heavy atom. The second kappa shape index (κ2) is 16.7. The summed E-state index contributed by atoms with van der Waals surface area (Å²) in [5.41, 5.74) is 2.44. The average Bonchev–Trinajstić information content (AvgIpc) is 3.57. The van der Waals surface area contributed by atoms with Crippen molar-refractivity contribution in [3.05, 3.63) is 120 Å². The fourth-order valence-corrected chi connectivity index (χ4v) is 4.93. The lowest BCUT2D eigenvalue weighted by atomic mass is 9.99. The van der Waals surface area contributed by atoms with Crippen LogP contribution in [0.3, 0.4) is 0 Å². The van der Waals surface area contributed by atoms with Crippen LogP contribution < -0.4 is 15.5 Å². The van der Waals surface area contributed by atoms with Crippen molar-refractivity contribution in [2.75, 3.05) is 11.4 Å². The zero-order valence-electron chi connectivity index (χ0n) is 26.3. The van der Waals surface area contributed by atoms with E-state index in [1.165, 1.54) is 4.90 Å². The Morgan fingerprint density at radius 1 is 0.826 bits per heavy atom. The number of carbonyl (C=O) groups is 4. The van der Waals surface area contributed by atoms with Gasteiger partial charge in [-0.1, -0.05) is 92.7 Å². The summed E-state index contributed by atoms with van der Waals surface area (Å²) in [5.74, 6) is -1.78. The lowest BCUT2D eigenvalue weighted by Crippen LogP contribution is -2.52. The maximum Gasteiger partial charge on any atom is 0.408 e. The SMILES string of the molecule is CCN(C(=O)c1coc(C(=O)C(CCc2ccccc2)NC(=O)C(CC(C)C)NC(=O)OCc2ccccc2)n1)c1ccccc1. The van der Waals surface area contributed by atoms with Crippen molar-refractivity contribution in [1.82, 2.24) is 15.6 Å². The van der Waals surface area contributed by atoms with E-state index in [4.69, 9.17) is 9.15 Å². The van der Waals surface area contributed by atoms with Crippen LogP contribution in [0.1, 0.15) is 65.9 Å². The lowest BCUT2D eigenvalue weighted by Gasteiger charge is -2.23. The second-order valence-corrected chi connectivity index (χ2v) is 11.3. The molecule has 1 heterocycles. The van der Waals surface area contributed by atoms with Gasteiger partial charge in [0.2, 0.25) is 11.7 Å². The zero-order valence-corrected chi connectivity index (χ0v) is 26.3. The van der Waals surface area contributed by atoms with Crippen molar-refractivity contribution in [3.8, 4) is 0 Å². The molecule has 0 fully saturated rings. The minimum absolute atomic E-state index is 0.0253. The van der Waals surface area contributed by atoms with Crippen LogP contribution in [0.25, 0.3) is 0 Å². The number of para-hydroxylation sites is 1. The monoisotopic (exact) mass is 624 g/mol. The van der Waals surface area contributed by atoms with E-state index in [2.05, 4.69) is 15.6 Å². The van der Waals surface area contributed by atoms with E-state index in [1.807, 2.05) is 112 Å². The van der Waals surface area contributed by atoms with Gasteiger partial charge in [0.15, 0.2) is 5.69 Å². The highest BCUT2D eigenvalue weighted by Gasteiger charge is 2.31. The van der Waals surface area contributed by atoms with Gasteiger partial charge in [-0.3, -0.25) is 14.4 Å². The Labute approximate surface area is 269 Å². The standard InChI is InChI=1S/C36H40N4O6/c1-4-40(28-18-12-7-13-19-28)35(43)31-24-45-34(38-31)32(41)29(21-20-26-14-8-5-9-15-26)37-33(42)30(22-25(2)3)39-36(44)46-23-27-16-10-6-11-17-27/h5-19,24-25,29-30H,4,20-23H2,1-3H3,(H,37,42)(H,39,44). The van der Waals surface area contributed by atoms with Gasteiger partial charge in [-0.25, -0.2) is 9.78 Å². The number of anilines is 1. The van der Waals surface area contributed by atoms with Gasteiger partial charge >= 0.3 is 6.09 Å². The number of nitrogens with one attached hydrogen (secondary N) is 2. The molecule has 1 aromatic heterocycles. The van der Waals surface area contributed by atoms with Crippen molar-refractivity contribution in [3.63, 3.8) is 0 Å². The molecule has 4 aromatic rings. The number of benzene rings is 3. The van der Waals surface area contributed by atoms with Gasteiger partial charge in [0.05, 0.1) is 6.04 Å². The highest BCUT2D eigenvalue weighted by Crippen LogP contribution is 2.18. The van der Waals surface area contributed by atoms with Crippen molar-refractivity contribution in [2.24, 2.45) is 5.92 Å². The normalized spacial score (nSPS) is 12.2. The van der Waals surface area contributed by atoms with Crippen LogP contribution in [0.15, 0.2) is 102 Å². The number of carbonyl (C=O) groups excluding carboxylic acids is 4. The Hall–Kier alpha value is -5.25. The van der Waals surface area contributed by atoms with E-state index < -0.39 is 35.8 Å². The number of ether oxygens (including phenoxy) is 1. The van der Waals surface area contributed by atoms with Gasteiger partial charge < -0.3 is 24.7 Å². The minimum Gasteiger partial charge on any atom is -0.445 e. The predicted molar refractivity (Wildman–Crippen MR) is 174 cm³/mol. The number of ketones is 1. The summed E-state index contributed by atoms with van der Waals surface area (Å²) in [6.45, 7) is 6.12. The Bertz CT molecular complexity index is 1570. The molecule has 2 unspecified atom stereocenters. The third-order valence-corrected chi connectivity index (χ3v) is 7.29. The number of Topliss-reactive ketones (excluding diaryl/α,β-unsaturated/α-hetero) is 1. The first-order valence-electron chi connectivity index (χ1n) is 15.4. The molecule has 10 nitrogen and oxygen atoms in total. The van der Waals surface area contributed by atoms with Crippen LogP contribution in [0.5, 0.6) is 0 Å². The number of aryl methyl sites for hydroxylation is 1. The number of oxazole rings is 1. The van der Waals surface area contributed by atoms with E-state index >= 15 is 0 Å². The molecule has 0 aliphatic carbocycles. The number of amides is 3. The maximum atomic E-state index is 13.8. The second-order valence-electron chi connectivity index (χ2n) is 11.3. The first-order chi connectivity index (χ1) is 22.2. The summed E-state index contributed by atoms with van der Waals surface area (Å²) in [5, 5.41) is 5.47. The van der Waals surface area contributed by atoms with Gasteiger partial charge in [0.1, 0.15) is 18.9 Å². The number of hydrogen-bond acceptors (Lipinski definition) is 7. The van der Waals surface area contributed by atoms with E-state index in [9.17, 15) is 19.2 Å². The van der Waals surface area contributed by atoms with Crippen LogP contribution in [0.2, 0.25) is 0 Å². The molecule has 0 aliphatic heterocycles. The van der Waals surface area contributed by atoms with E-state index in [0.29, 0.717) is 25.1 Å². The molecular formula is C36H40N4O6. The van der Waals surface area contributed by atoms with Crippen molar-refractivity contribution in [2.45, 2.75) is 58.7 Å². The molecule has 46 heavy (non-hydrogen) atoms. The summed E-state index contributed by atoms with van der Waals surface area (Å²) in [7, 11) is 0. The topological polar surface area (TPSA) is 131 Å². The molecule has 240 valence electrons. The summed E-state index contributed by atoms with van der Waals surface area (Å²) in [4.78, 5) is 59.1. The summed E-state index contributed by atoms with van der Waals surface area (Å²) < 4.78 is 10.9. The van der Waals surface area contributed by atoms with E-state index in [-0.39, 0.29) is 30.5 Å². The molecule has 10 heteroatoms. The number of alkyl carbamates (subject to hydrolysis) is 1. The molecule has 2 N–H and O–H groups in total. The Balaban J connectivity index is 1.50. The van der Waals surface area contributed by atoms with E-state index in [0.717, 1.165) is 17.4 Å². The highest BCUT2D eigenvalue weighted by molar-refractivity contribution is 6.06. The number of aromatic nitrogens is 1. The Morgan fingerprint density at radius 3 is 2.04 bits per heavy atom. The molecule has 3 amide bonds. The largest absolute Gasteiger partial charge is 0.445 e. The molecule has 4 rings (SSSR count). The summed E-state index contributed by atoms with van der Waals surface area (Å²) in [6, 6.07) is 25.9. The van der Waals surface area contributed by atoms with Crippen LogP contribution >= 0.6 is 0 Å². The third-order valence-electron chi connectivity index (χ3n) is 7.29. The predicted octanol–water partition coefficient (Wildman–Crippen LogP) is 5.98. The fourth-order valence-electron chi connectivity index (χ4n) is 4.93. The number of rotatable bonds is 15. The fraction of sp³-hybridized carbons (Fsp3) is 0.306. The number of hydrogen-bond donors (Lipinski definition) is 2. The molecule has 0 radical (unpaired) electrons. The van der Waals surface area contributed by atoms with Crippen LogP contribution in [-0.2, 0) is 22.6 Å². The molecule has 0 spiro atoms. The van der Waals surface area contributed by atoms with Crippen LogP contribution in [0, 0.1) is 5.92 Å². The minimum atomic E-state index is -1.04. The summed E-state index contributed by atoms with van der Waals surface area (Å²) in [6.07, 6.45) is 1.44. The molecule has 0 aliphatic rings. The van der Waals surface area contributed by atoms with Gasteiger partial charge in [0.25, 0.3) is 11.8 Å².